The minimum Gasteiger partial charge on any atom is -0.192 e. The molecule has 330 valence electrons. The van der Waals surface area contributed by atoms with E-state index in [9.17, 15) is 0 Å². The van der Waals surface area contributed by atoms with Gasteiger partial charge in [0.15, 0.2) is 0 Å². The lowest BCUT2D eigenvalue weighted by molar-refractivity contribution is -0.790. The van der Waals surface area contributed by atoms with Crippen LogP contribution in [-0.4, -0.2) is 41.6 Å². The van der Waals surface area contributed by atoms with E-state index in [0.717, 1.165) is 133 Å². The molecule has 0 amide bonds. The SMILES string of the molecule is c1ccc2c(c1)c1c(c3ccccc32)C2=[N+]3C1=Nc1c4c5ccccc5c5ccccc5c4c4n1C31n3c(c5c6ccccc6c6ccccc6c5c3=NC3=[N+]1C(=N4)c1c3c3ccccc3c3ccccc13)=N2. The first-order valence-corrected chi connectivity index (χ1v) is 25.1. The zero-order valence-electron chi connectivity index (χ0n) is 38.6. The Balaban J connectivity index is 1.14. The molecule has 2 aromatic heterocycles. The minimum absolute atomic E-state index is 0.864. The zero-order chi connectivity index (χ0) is 46.7. The molecular weight excluding hydrogens is 893 g/mol. The Labute approximate surface area is 412 Å². The number of benzene rings is 12. The van der Waals surface area contributed by atoms with Crippen LogP contribution in [0.4, 0.5) is 11.6 Å². The predicted octanol–water partition coefficient (Wildman–Crippen LogP) is 12.9. The number of amidine groups is 4. The molecule has 8 heteroatoms. The van der Waals surface area contributed by atoms with Gasteiger partial charge in [0.05, 0.1) is 43.8 Å². The van der Waals surface area contributed by atoms with Crippen LogP contribution in [-0.2, 0) is 5.91 Å². The summed E-state index contributed by atoms with van der Waals surface area (Å²) in [5, 5.41) is 23.0. The van der Waals surface area contributed by atoms with Gasteiger partial charge in [0, 0.05) is 0 Å². The highest BCUT2D eigenvalue weighted by molar-refractivity contribution is 6.36. The van der Waals surface area contributed by atoms with Gasteiger partial charge in [-0.25, -0.2) is 0 Å². The largest absolute Gasteiger partial charge is 0.404 e. The molecule has 0 saturated heterocycles. The summed E-state index contributed by atoms with van der Waals surface area (Å²) in [6.07, 6.45) is 0. The van der Waals surface area contributed by atoms with Crippen molar-refractivity contribution in [1.82, 2.24) is 9.13 Å². The van der Waals surface area contributed by atoms with E-state index in [0.29, 0.717) is 0 Å². The summed E-state index contributed by atoms with van der Waals surface area (Å²) in [5.41, 5.74) is 6.07. The fraction of sp³-hybridized carbons (Fsp3) is 0.0154. The predicted molar refractivity (Wildman–Crippen MR) is 294 cm³/mol. The van der Waals surface area contributed by atoms with Crippen LogP contribution in [0.15, 0.2) is 214 Å². The van der Waals surface area contributed by atoms with Gasteiger partial charge < -0.3 is 0 Å². The van der Waals surface area contributed by atoms with Crippen molar-refractivity contribution >= 4 is 143 Å². The van der Waals surface area contributed by atoms with Crippen molar-refractivity contribution in [2.75, 3.05) is 0 Å². The van der Waals surface area contributed by atoms with Gasteiger partial charge in [0.1, 0.15) is 0 Å². The molecule has 8 heterocycles. The first kappa shape index (κ1) is 36.1. The molecule has 0 bridgehead atoms. The molecule has 73 heavy (non-hydrogen) atoms. The standard InChI is InChI=1S/C65H32N8/c1-9-25-41-33(17-1)34-18-2-10-26-42(34)50-49(41)57-66-59-51-43-27-11-3-19-35(43)36-20-4-12-28-44(36)52(51)61-68-63-55-47-31-15-7-23-39(47)40-24-8-16-32-48(40)56(55)64-69-62-54-46-30-14-6-22-38(46)37-21-5-13-29-45(37)53(54)60-67-58(50)70(57)65(71(59)61,72(60)62)73(63)64/h1-32H/q+2. The quantitative estimate of drug-likeness (QED) is 0.107. The number of nitrogens with zero attached hydrogens (tertiary/aromatic N) is 8. The van der Waals surface area contributed by atoms with E-state index in [-0.39, 0.29) is 0 Å². The van der Waals surface area contributed by atoms with Crippen molar-refractivity contribution in [3.8, 4) is 0 Å². The zero-order valence-corrected chi connectivity index (χ0v) is 38.6. The Kier molecular flexibility index (Phi) is 5.83. The summed E-state index contributed by atoms with van der Waals surface area (Å²) >= 11 is 0. The second-order valence-electron chi connectivity index (χ2n) is 20.3. The second-order valence-corrected chi connectivity index (χ2v) is 20.3. The minimum atomic E-state index is -1.25. The van der Waals surface area contributed by atoms with E-state index in [2.05, 4.69) is 212 Å². The molecule has 20 rings (SSSR count). The van der Waals surface area contributed by atoms with Gasteiger partial charge >= 0.3 is 5.91 Å². The monoisotopic (exact) mass is 924 g/mol. The van der Waals surface area contributed by atoms with Crippen LogP contribution in [0.2, 0.25) is 0 Å². The highest BCUT2D eigenvalue weighted by atomic mass is 15.7. The number of rotatable bonds is 0. The second kappa shape index (κ2) is 11.8. The number of aliphatic imine (C=N–C) groups is 2. The molecule has 1 spiro atoms. The lowest BCUT2D eigenvalue weighted by Gasteiger charge is -2.40. The van der Waals surface area contributed by atoms with Gasteiger partial charge in [-0.1, -0.05) is 214 Å². The number of hydrogen-bond donors (Lipinski definition) is 0. The average molecular weight is 925 g/mol. The maximum absolute atomic E-state index is 6.13. The van der Waals surface area contributed by atoms with E-state index < -0.39 is 5.91 Å². The van der Waals surface area contributed by atoms with Crippen molar-refractivity contribution in [3.63, 3.8) is 0 Å². The normalized spacial score (nSPS) is 16.1. The maximum atomic E-state index is 6.13. The number of fused-ring (bicyclic) bond motifs is 32. The first-order chi connectivity index (χ1) is 36.3. The molecular formula is C65H32N8+2. The molecule has 12 aromatic carbocycles. The highest BCUT2D eigenvalue weighted by Gasteiger charge is 2.70. The van der Waals surface area contributed by atoms with Crippen LogP contribution >= 0.6 is 0 Å². The molecule has 0 aliphatic carbocycles. The number of hydrogen-bond acceptors (Lipinski definition) is 4. The molecule has 0 fully saturated rings. The lowest BCUT2D eigenvalue weighted by Crippen LogP contribution is -2.71. The molecule has 8 nitrogen and oxygen atoms in total. The molecule has 0 radical (unpaired) electrons. The Bertz CT molecular complexity index is 5170. The molecule has 0 atom stereocenters. The molecule has 14 aromatic rings. The first-order valence-electron chi connectivity index (χ1n) is 25.1. The molecule has 0 saturated carbocycles. The van der Waals surface area contributed by atoms with Crippen LogP contribution in [0.1, 0.15) is 22.3 Å². The van der Waals surface area contributed by atoms with E-state index in [4.69, 9.17) is 20.0 Å². The summed E-state index contributed by atoms with van der Waals surface area (Å²) in [5.74, 6) is 3.94. The van der Waals surface area contributed by atoms with Gasteiger partial charge in [0.2, 0.25) is 22.6 Å². The van der Waals surface area contributed by atoms with Crippen molar-refractivity contribution in [3.05, 3.63) is 227 Å². The van der Waals surface area contributed by atoms with Gasteiger partial charge in [0.25, 0.3) is 23.3 Å². The Morgan fingerprint density at radius 3 is 0.849 bits per heavy atom. The van der Waals surface area contributed by atoms with E-state index >= 15 is 0 Å². The summed E-state index contributed by atoms with van der Waals surface area (Å²) in [7, 11) is 0. The van der Waals surface area contributed by atoms with Crippen molar-refractivity contribution < 1.29 is 9.15 Å². The summed E-state index contributed by atoms with van der Waals surface area (Å²) in [6, 6.07) is 71.1. The van der Waals surface area contributed by atoms with Gasteiger partial charge in [-0.05, 0) is 86.2 Å². The van der Waals surface area contributed by atoms with Gasteiger partial charge in [-0.15, -0.1) is 9.15 Å². The van der Waals surface area contributed by atoms with Crippen molar-refractivity contribution in [2.24, 2.45) is 20.0 Å². The Morgan fingerprint density at radius 2 is 0.521 bits per heavy atom. The Morgan fingerprint density at radius 1 is 0.260 bits per heavy atom. The lowest BCUT2D eigenvalue weighted by atomic mass is 9.92. The van der Waals surface area contributed by atoms with E-state index in [1.165, 1.54) is 43.1 Å². The Hall–Kier alpha value is -9.92. The van der Waals surface area contributed by atoms with Gasteiger partial charge in [-0.3, -0.25) is 0 Å². The maximum Gasteiger partial charge on any atom is 0.404 e. The third kappa shape index (κ3) is 3.70. The third-order valence-electron chi connectivity index (χ3n) is 17.3. The fourth-order valence-electron chi connectivity index (χ4n) is 14.7. The molecule has 6 aliphatic rings. The molecule has 0 unspecified atom stereocenters. The average Bonchev–Trinajstić information content (AvgIpc) is 4.20. The van der Waals surface area contributed by atoms with Crippen LogP contribution in [0.25, 0.3) is 108 Å². The number of aromatic nitrogens is 2. The van der Waals surface area contributed by atoms with Crippen molar-refractivity contribution in [1.29, 1.82) is 0 Å². The van der Waals surface area contributed by atoms with E-state index in [1.807, 2.05) is 0 Å². The van der Waals surface area contributed by atoms with E-state index in [1.54, 1.807) is 0 Å². The smallest absolute Gasteiger partial charge is 0.192 e. The molecule has 6 aliphatic heterocycles. The van der Waals surface area contributed by atoms with Gasteiger partial charge in [-0.2, -0.15) is 9.13 Å². The highest BCUT2D eigenvalue weighted by Crippen LogP contribution is 2.57. The van der Waals surface area contributed by atoms with Crippen molar-refractivity contribution in [2.45, 2.75) is 5.91 Å². The summed E-state index contributed by atoms with van der Waals surface area (Å²) < 4.78 is 9.98. The van der Waals surface area contributed by atoms with Crippen LogP contribution in [0, 0.1) is 0 Å². The molecule has 0 N–H and O–H groups in total. The van der Waals surface area contributed by atoms with Crippen LogP contribution < -0.4 is 11.0 Å². The summed E-state index contributed by atoms with van der Waals surface area (Å²) in [6.45, 7) is 0. The topological polar surface area (TPSA) is 65.3 Å². The summed E-state index contributed by atoms with van der Waals surface area (Å²) in [4.78, 5) is 24.5. The van der Waals surface area contributed by atoms with Crippen LogP contribution in [0.5, 0.6) is 0 Å². The fourth-order valence-corrected chi connectivity index (χ4v) is 14.7. The third-order valence-corrected chi connectivity index (χ3v) is 17.3. The van der Waals surface area contributed by atoms with Crippen LogP contribution in [0.3, 0.4) is 0 Å².